The zero-order valence-corrected chi connectivity index (χ0v) is 16.2. The third-order valence-electron chi connectivity index (χ3n) is 5.89. The minimum absolute atomic E-state index is 0. The Morgan fingerprint density at radius 1 is 1.15 bits per heavy atom. The number of hydrogen-bond acceptors (Lipinski definition) is 3. The molecule has 2 aliphatic carbocycles. The highest BCUT2D eigenvalue weighted by molar-refractivity contribution is 5.86. The van der Waals surface area contributed by atoms with Gasteiger partial charge in [-0.1, -0.05) is 36.8 Å². The van der Waals surface area contributed by atoms with Gasteiger partial charge in [0.1, 0.15) is 0 Å². The summed E-state index contributed by atoms with van der Waals surface area (Å²) in [4.78, 5) is 26.4. The molecule has 3 N–H and O–H groups in total. The number of hydrogen-bond donors (Lipinski definition) is 2. The van der Waals surface area contributed by atoms with E-state index < -0.39 is 0 Å². The van der Waals surface area contributed by atoms with E-state index in [2.05, 4.69) is 5.32 Å². The highest BCUT2D eigenvalue weighted by atomic mass is 35.5. The summed E-state index contributed by atoms with van der Waals surface area (Å²) >= 11 is 0. The van der Waals surface area contributed by atoms with E-state index >= 15 is 0 Å². The van der Waals surface area contributed by atoms with Gasteiger partial charge in [0.2, 0.25) is 11.8 Å². The molecule has 3 rings (SSSR count). The minimum Gasteiger partial charge on any atom is -0.347 e. The predicted molar refractivity (Wildman–Crippen MR) is 105 cm³/mol. The van der Waals surface area contributed by atoms with Crippen LogP contribution in [0, 0.1) is 17.8 Å². The molecule has 6 heteroatoms. The van der Waals surface area contributed by atoms with Crippen LogP contribution in [0.15, 0.2) is 30.3 Å². The van der Waals surface area contributed by atoms with Crippen LogP contribution in [-0.4, -0.2) is 36.3 Å². The first-order chi connectivity index (χ1) is 12.0. The Labute approximate surface area is 162 Å². The summed E-state index contributed by atoms with van der Waals surface area (Å²) in [5, 5.41) is 2.85. The van der Waals surface area contributed by atoms with Gasteiger partial charge in [0.15, 0.2) is 0 Å². The Hall–Kier alpha value is -1.59. The number of carbonyl (C=O) groups is 2. The van der Waals surface area contributed by atoms with Gasteiger partial charge in [-0.2, -0.15) is 0 Å². The summed E-state index contributed by atoms with van der Waals surface area (Å²) in [6.07, 6.45) is 5.26. The quantitative estimate of drug-likeness (QED) is 0.824. The number of nitrogens with zero attached hydrogens (tertiary/aromatic N) is 1. The lowest BCUT2D eigenvalue weighted by Gasteiger charge is -2.43. The summed E-state index contributed by atoms with van der Waals surface area (Å²) in [5.41, 5.74) is 7.37. The molecule has 2 saturated carbocycles. The first-order valence-corrected chi connectivity index (χ1v) is 9.35. The maximum absolute atomic E-state index is 12.5. The maximum atomic E-state index is 12.5. The van der Waals surface area contributed by atoms with Crippen LogP contribution in [0.2, 0.25) is 0 Å². The van der Waals surface area contributed by atoms with Crippen LogP contribution < -0.4 is 11.1 Å². The highest BCUT2D eigenvalue weighted by Crippen LogP contribution is 2.41. The molecule has 0 aromatic heterocycles. The van der Waals surface area contributed by atoms with E-state index in [0.29, 0.717) is 18.4 Å². The summed E-state index contributed by atoms with van der Waals surface area (Å²) < 4.78 is 0. The Morgan fingerprint density at radius 2 is 1.77 bits per heavy atom. The van der Waals surface area contributed by atoms with Crippen molar-refractivity contribution in [3.8, 4) is 0 Å². The molecule has 2 amide bonds. The second-order valence-electron chi connectivity index (χ2n) is 7.65. The third-order valence-corrected chi connectivity index (χ3v) is 5.89. The van der Waals surface area contributed by atoms with E-state index in [4.69, 9.17) is 5.73 Å². The number of fused-ring (bicyclic) bond motifs is 2. The smallest absolute Gasteiger partial charge is 0.242 e. The van der Waals surface area contributed by atoms with Crippen molar-refractivity contribution in [2.75, 3.05) is 13.6 Å². The fraction of sp³-hybridized carbons (Fsp3) is 0.600. The summed E-state index contributed by atoms with van der Waals surface area (Å²) in [5.74, 6) is 0.914. The zero-order valence-electron chi connectivity index (χ0n) is 15.4. The molecule has 0 aliphatic heterocycles. The first kappa shape index (κ1) is 20.7. The zero-order chi connectivity index (χ0) is 17.8. The number of nitrogens with one attached hydrogen (secondary N) is 1. The molecule has 1 aromatic rings. The molecule has 2 unspecified atom stereocenters. The van der Waals surface area contributed by atoms with Gasteiger partial charge in [0.05, 0.1) is 6.54 Å². The van der Waals surface area contributed by atoms with Gasteiger partial charge in [-0.3, -0.25) is 9.59 Å². The van der Waals surface area contributed by atoms with Crippen LogP contribution in [0.1, 0.15) is 37.7 Å². The van der Waals surface area contributed by atoms with Crippen molar-refractivity contribution in [1.82, 2.24) is 10.2 Å². The summed E-state index contributed by atoms with van der Waals surface area (Å²) in [7, 11) is 1.77. The van der Waals surface area contributed by atoms with E-state index in [-0.39, 0.29) is 42.7 Å². The number of amides is 2. The van der Waals surface area contributed by atoms with E-state index in [0.717, 1.165) is 31.2 Å². The van der Waals surface area contributed by atoms with Crippen LogP contribution in [-0.2, 0) is 16.1 Å². The lowest BCUT2D eigenvalue weighted by molar-refractivity contribution is -0.134. The second kappa shape index (κ2) is 9.38. The topological polar surface area (TPSA) is 75.4 Å². The molecule has 26 heavy (non-hydrogen) atoms. The van der Waals surface area contributed by atoms with Crippen molar-refractivity contribution >= 4 is 24.2 Å². The standard InChI is InChI=1S/C20H29N3O2.ClH/c1-23(13-14-6-3-2-4-7-14)18(24)12-22-20(25)17-10-15-8-5-9-16(11-17)19(15)21;/h2-4,6-7,15-17,19H,5,8-13,21H2,1H3,(H,22,25);1H. The first-order valence-electron chi connectivity index (χ1n) is 9.35. The van der Waals surface area contributed by atoms with Gasteiger partial charge in [0, 0.05) is 25.6 Å². The molecule has 2 aliphatic rings. The molecule has 0 heterocycles. The third kappa shape index (κ3) is 4.98. The van der Waals surface area contributed by atoms with Gasteiger partial charge in [-0.25, -0.2) is 0 Å². The van der Waals surface area contributed by atoms with Gasteiger partial charge in [-0.05, 0) is 43.1 Å². The van der Waals surface area contributed by atoms with Crippen molar-refractivity contribution in [2.45, 2.75) is 44.7 Å². The molecule has 2 bridgehead atoms. The van der Waals surface area contributed by atoms with Crippen molar-refractivity contribution < 1.29 is 9.59 Å². The van der Waals surface area contributed by atoms with Crippen LogP contribution in [0.3, 0.4) is 0 Å². The highest BCUT2D eigenvalue weighted by Gasteiger charge is 2.40. The van der Waals surface area contributed by atoms with E-state index in [1.165, 1.54) is 6.42 Å². The van der Waals surface area contributed by atoms with Crippen LogP contribution in [0.5, 0.6) is 0 Å². The average molecular weight is 380 g/mol. The molecular weight excluding hydrogens is 350 g/mol. The number of halogens is 1. The van der Waals surface area contributed by atoms with E-state index in [1.807, 2.05) is 30.3 Å². The van der Waals surface area contributed by atoms with Crippen molar-refractivity contribution in [2.24, 2.45) is 23.5 Å². The number of nitrogens with two attached hydrogens (primary N) is 1. The van der Waals surface area contributed by atoms with Gasteiger partial charge in [-0.15, -0.1) is 12.4 Å². The van der Waals surface area contributed by atoms with Crippen molar-refractivity contribution in [3.63, 3.8) is 0 Å². The molecule has 144 valence electrons. The fourth-order valence-corrected chi connectivity index (χ4v) is 4.39. The monoisotopic (exact) mass is 379 g/mol. The average Bonchev–Trinajstić information content (AvgIpc) is 2.60. The predicted octanol–water partition coefficient (Wildman–Crippen LogP) is 2.34. The Balaban J connectivity index is 0.00000243. The molecule has 1 aromatic carbocycles. The second-order valence-corrected chi connectivity index (χ2v) is 7.65. The number of benzene rings is 1. The SMILES string of the molecule is CN(Cc1ccccc1)C(=O)CNC(=O)C1CC2CCCC(C1)C2N.Cl. The summed E-state index contributed by atoms with van der Waals surface area (Å²) in [6, 6.07) is 10.1. The van der Waals surface area contributed by atoms with Crippen LogP contribution in [0.4, 0.5) is 0 Å². The largest absolute Gasteiger partial charge is 0.347 e. The lowest BCUT2D eigenvalue weighted by atomic mass is 9.65. The molecule has 2 atom stereocenters. The van der Waals surface area contributed by atoms with Crippen LogP contribution >= 0.6 is 12.4 Å². The lowest BCUT2D eigenvalue weighted by Crippen LogP contribution is -2.49. The Kier molecular flexibility index (Phi) is 7.47. The van der Waals surface area contributed by atoms with Crippen molar-refractivity contribution in [1.29, 1.82) is 0 Å². The summed E-state index contributed by atoms with van der Waals surface area (Å²) in [6.45, 7) is 0.623. The number of rotatable bonds is 5. The minimum atomic E-state index is -0.0649. The fourth-order valence-electron chi connectivity index (χ4n) is 4.39. The van der Waals surface area contributed by atoms with Gasteiger partial charge >= 0.3 is 0 Å². The van der Waals surface area contributed by atoms with Gasteiger partial charge < -0.3 is 16.0 Å². The number of likely N-dealkylation sites (N-methyl/N-ethyl adjacent to an activating group) is 1. The molecular formula is C20H30ClN3O2. The Morgan fingerprint density at radius 3 is 2.38 bits per heavy atom. The molecule has 5 nitrogen and oxygen atoms in total. The molecule has 0 saturated heterocycles. The van der Waals surface area contributed by atoms with E-state index in [1.54, 1.807) is 11.9 Å². The molecule has 2 fully saturated rings. The van der Waals surface area contributed by atoms with Crippen LogP contribution in [0.25, 0.3) is 0 Å². The van der Waals surface area contributed by atoms with Gasteiger partial charge in [0.25, 0.3) is 0 Å². The van der Waals surface area contributed by atoms with Crippen molar-refractivity contribution in [3.05, 3.63) is 35.9 Å². The normalized spacial score (nSPS) is 27.2. The van der Waals surface area contributed by atoms with E-state index in [9.17, 15) is 9.59 Å². The maximum Gasteiger partial charge on any atom is 0.242 e. The molecule has 0 spiro atoms. The number of carbonyl (C=O) groups excluding carboxylic acids is 2. The Bertz CT molecular complexity index is 596. The molecule has 0 radical (unpaired) electrons.